The van der Waals surface area contributed by atoms with Crippen molar-refractivity contribution in [1.29, 1.82) is 0 Å². The van der Waals surface area contributed by atoms with Gasteiger partial charge < -0.3 is 19.8 Å². The number of anilines is 1. The van der Waals surface area contributed by atoms with Gasteiger partial charge in [-0.15, -0.1) is 10.2 Å². The van der Waals surface area contributed by atoms with E-state index >= 15 is 0 Å². The largest absolute Gasteiger partial charge is 0.467 e. The molecular weight excluding hydrogens is 310 g/mol. The summed E-state index contributed by atoms with van der Waals surface area (Å²) < 4.78 is 10.5. The number of amides is 1. The predicted octanol–water partition coefficient (Wildman–Crippen LogP) is 0.744. The molecule has 3 rings (SSSR count). The number of morpholine rings is 1. The Morgan fingerprint density at radius 1 is 1.21 bits per heavy atom. The molecule has 0 radical (unpaired) electrons. The molecule has 2 aromatic rings. The third kappa shape index (κ3) is 4.77. The first-order valence-corrected chi connectivity index (χ1v) is 7.99. The monoisotopic (exact) mass is 331 g/mol. The van der Waals surface area contributed by atoms with Crippen LogP contribution in [0.25, 0.3) is 0 Å². The van der Waals surface area contributed by atoms with Gasteiger partial charge in [-0.1, -0.05) is 0 Å². The zero-order valence-corrected chi connectivity index (χ0v) is 13.4. The number of rotatable bonds is 7. The van der Waals surface area contributed by atoms with Gasteiger partial charge >= 0.3 is 0 Å². The SMILES string of the molecule is O=C(NCCN1CCOCC1)c1ccc(NCc2ccco2)nn1. The standard InChI is InChI=1S/C16H21N5O3/c22-16(17-5-6-21-7-10-23-11-8-21)14-3-4-15(20-19-14)18-12-13-2-1-9-24-13/h1-4,9H,5-8,10-12H2,(H,17,22)(H,18,20). The summed E-state index contributed by atoms with van der Waals surface area (Å²) in [6, 6.07) is 7.08. The number of carbonyl (C=O) groups is 1. The maximum absolute atomic E-state index is 12.1. The summed E-state index contributed by atoms with van der Waals surface area (Å²) in [5.41, 5.74) is 0.306. The molecule has 1 saturated heterocycles. The van der Waals surface area contributed by atoms with Crippen LogP contribution in [0.2, 0.25) is 0 Å². The molecule has 0 aromatic carbocycles. The lowest BCUT2D eigenvalue weighted by atomic mass is 10.3. The van der Waals surface area contributed by atoms with Crippen molar-refractivity contribution >= 4 is 11.7 Å². The Kier molecular flexibility index (Phi) is 5.75. The van der Waals surface area contributed by atoms with E-state index in [1.54, 1.807) is 18.4 Å². The molecule has 0 bridgehead atoms. The van der Waals surface area contributed by atoms with Gasteiger partial charge in [-0.3, -0.25) is 9.69 Å². The minimum Gasteiger partial charge on any atom is -0.467 e. The number of nitrogens with zero attached hydrogens (tertiary/aromatic N) is 3. The summed E-state index contributed by atoms with van der Waals surface area (Å²) >= 11 is 0. The van der Waals surface area contributed by atoms with E-state index in [1.807, 2.05) is 12.1 Å². The van der Waals surface area contributed by atoms with Crippen LogP contribution < -0.4 is 10.6 Å². The molecule has 8 heteroatoms. The van der Waals surface area contributed by atoms with Gasteiger partial charge in [0.05, 0.1) is 26.0 Å². The van der Waals surface area contributed by atoms with E-state index in [0.717, 1.165) is 38.6 Å². The summed E-state index contributed by atoms with van der Waals surface area (Å²) in [6.45, 7) is 5.24. The van der Waals surface area contributed by atoms with Crippen LogP contribution in [0.3, 0.4) is 0 Å². The van der Waals surface area contributed by atoms with E-state index in [0.29, 0.717) is 24.6 Å². The number of ether oxygens (including phenoxy) is 1. The molecule has 24 heavy (non-hydrogen) atoms. The van der Waals surface area contributed by atoms with Gasteiger partial charge in [-0.05, 0) is 24.3 Å². The summed E-state index contributed by atoms with van der Waals surface area (Å²) in [6.07, 6.45) is 1.62. The molecule has 1 aliphatic rings. The maximum atomic E-state index is 12.1. The summed E-state index contributed by atoms with van der Waals surface area (Å²) in [5, 5.41) is 13.9. The van der Waals surface area contributed by atoms with Crippen LogP contribution in [0.5, 0.6) is 0 Å². The third-order valence-electron chi connectivity index (χ3n) is 3.74. The topological polar surface area (TPSA) is 92.5 Å². The Bertz CT molecular complexity index is 624. The Hall–Kier alpha value is -2.45. The molecule has 0 unspecified atom stereocenters. The van der Waals surface area contributed by atoms with Crippen molar-refractivity contribution in [3.05, 3.63) is 42.0 Å². The summed E-state index contributed by atoms with van der Waals surface area (Å²) in [7, 11) is 0. The fourth-order valence-corrected chi connectivity index (χ4v) is 2.38. The highest BCUT2D eigenvalue weighted by molar-refractivity contribution is 5.92. The molecule has 0 aliphatic carbocycles. The molecule has 1 amide bonds. The average Bonchev–Trinajstić information content (AvgIpc) is 3.15. The molecular formula is C16H21N5O3. The van der Waals surface area contributed by atoms with E-state index < -0.39 is 0 Å². The van der Waals surface area contributed by atoms with E-state index in [9.17, 15) is 4.79 Å². The minimum absolute atomic E-state index is 0.214. The number of aromatic nitrogens is 2. The molecule has 0 atom stereocenters. The van der Waals surface area contributed by atoms with Crippen LogP contribution in [-0.2, 0) is 11.3 Å². The highest BCUT2D eigenvalue weighted by Gasteiger charge is 2.12. The smallest absolute Gasteiger partial charge is 0.271 e. The van der Waals surface area contributed by atoms with Crippen molar-refractivity contribution < 1.29 is 13.9 Å². The summed E-state index contributed by atoms with van der Waals surface area (Å²) in [4.78, 5) is 14.3. The number of carbonyl (C=O) groups excluding carboxylic acids is 1. The van der Waals surface area contributed by atoms with Crippen molar-refractivity contribution in [3.63, 3.8) is 0 Å². The lowest BCUT2D eigenvalue weighted by molar-refractivity contribution is 0.0383. The average molecular weight is 331 g/mol. The zero-order valence-electron chi connectivity index (χ0n) is 13.4. The van der Waals surface area contributed by atoms with Gasteiger partial charge in [0.2, 0.25) is 0 Å². The van der Waals surface area contributed by atoms with E-state index in [1.165, 1.54) is 0 Å². The summed E-state index contributed by atoms with van der Waals surface area (Å²) in [5.74, 6) is 1.19. The molecule has 0 saturated carbocycles. The van der Waals surface area contributed by atoms with Crippen LogP contribution >= 0.6 is 0 Å². The van der Waals surface area contributed by atoms with Crippen molar-refractivity contribution in [2.24, 2.45) is 0 Å². The second-order valence-corrected chi connectivity index (χ2v) is 5.45. The highest BCUT2D eigenvalue weighted by atomic mass is 16.5. The van der Waals surface area contributed by atoms with E-state index in [-0.39, 0.29) is 5.91 Å². The molecule has 128 valence electrons. The molecule has 1 aliphatic heterocycles. The van der Waals surface area contributed by atoms with Gasteiger partial charge in [0.15, 0.2) is 5.69 Å². The van der Waals surface area contributed by atoms with Crippen LogP contribution in [0.4, 0.5) is 5.82 Å². The zero-order chi connectivity index (χ0) is 16.6. The first-order valence-electron chi connectivity index (χ1n) is 7.99. The number of nitrogens with one attached hydrogen (secondary N) is 2. The second-order valence-electron chi connectivity index (χ2n) is 5.45. The van der Waals surface area contributed by atoms with Gasteiger partial charge in [-0.2, -0.15) is 0 Å². The normalized spacial score (nSPS) is 15.2. The van der Waals surface area contributed by atoms with Gasteiger partial charge in [-0.25, -0.2) is 0 Å². The molecule has 1 fully saturated rings. The highest BCUT2D eigenvalue weighted by Crippen LogP contribution is 2.06. The van der Waals surface area contributed by atoms with Crippen molar-refractivity contribution in [3.8, 4) is 0 Å². The second kappa shape index (κ2) is 8.42. The fourth-order valence-electron chi connectivity index (χ4n) is 2.38. The van der Waals surface area contributed by atoms with Gasteiger partial charge in [0.25, 0.3) is 5.91 Å². The van der Waals surface area contributed by atoms with E-state index in [2.05, 4.69) is 25.7 Å². The van der Waals surface area contributed by atoms with Crippen LogP contribution in [-0.4, -0.2) is 60.4 Å². The van der Waals surface area contributed by atoms with Crippen molar-refractivity contribution in [1.82, 2.24) is 20.4 Å². The lowest BCUT2D eigenvalue weighted by Crippen LogP contribution is -2.41. The Balaban J connectivity index is 1.41. The van der Waals surface area contributed by atoms with Crippen LogP contribution in [0.1, 0.15) is 16.2 Å². The number of hydrogen-bond acceptors (Lipinski definition) is 7. The maximum Gasteiger partial charge on any atom is 0.271 e. The molecule has 0 spiro atoms. The predicted molar refractivity (Wildman–Crippen MR) is 87.7 cm³/mol. The van der Waals surface area contributed by atoms with Gasteiger partial charge in [0.1, 0.15) is 11.6 Å². The molecule has 2 N–H and O–H groups in total. The minimum atomic E-state index is -0.214. The fraction of sp³-hybridized carbons (Fsp3) is 0.438. The number of hydrogen-bond donors (Lipinski definition) is 2. The Labute approximate surface area is 140 Å². The number of furan rings is 1. The quantitative estimate of drug-likeness (QED) is 0.773. The molecule has 2 aromatic heterocycles. The van der Waals surface area contributed by atoms with Crippen LogP contribution in [0, 0.1) is 0 Å². The third-order valence-corrected chi connectivity index (χ3v) is 3.74. The van der Waals surface area contributed by atoms with Crippen LogP contribution in [0.15, 0.2) is 34.9 Å². The van der Waals surface area contributed by atoms with Crippen molar-refractivity contribution in [2.45, 2.75) is 6.54 Å². The van der Waals surface area contributed by atoms with E-state index in [4.69, 9.17) is 9.15 Å². The van der Waals surface area contributed by atoms with Gasteiger partial charge in [0, 0.05) is 26.2 Å². The Morgan fingerprint density at radius 3 is 2.79 bits per heavy atom. The van der Waals surface area contributed by atoms with Crippen molar-refractivity contribution in [2.75, 3.05) is 44.7 Å². The lowest BCUT2D eigenvalue weighted by Gasteiger charge is -2.26. The molecule has 8 nitrogen and oxygen atoms in total. The Morgan fingerprint density at radius 2 is 2.08 bits per heavy atom. The first kappa shape index (κ1) is 16.4. The first-order chi connectivity index (χ1) is 11.8. The molecule has 3 heterocycles.